The van der Waals surface area contributed by atoms with E-state index < -0.39 is 10.7 Å². The first-order valence-electron chi connectivity index (χ1n) is 3.38. The Hall–Kier alpha value is -1.45. The minimum absolute atomic E-state index is 0.0931. The van der Waals surface area contributed by atoms with E-state index in [1.54, 1.807) is 6.92 Å². The Balaban J connectivity index is 3.13. The summed E-state index contributed by atoms with van der Waals surface area (Å²) in [7, 11) is 0. The van der Waals surface area contributed by atoms with E-state index >= 15 is 0 Å². The molecule has 0 spiro atoms. The number of nitro benzene ring substituents is 1. The Morgan fingerprint density at radius 1 is 1.58 bits per heavy atom. The first-order valence-corrected chi connectivity index (χ1v) is 3.38. The third-order valence-electron chi connectivity index (χ3n) is 1.50. The summed E-state index contributed by atoms with van der Waals surface area (Å²) in [5.41, 5.74) is 0.161. The first kappa shape index (κ1) is 8.64. The maximum atomic E-state index is 12.8. The van der Waals surface area contributed by atoms with Crippen molar-refractivity contribution < 1.29 is 9.31 Å². The quantitative estimate of drug-likeness (QED) is 0.502. The van der Waals surface area contributed by atoms with Gasteiger partial charge in [0.05, 0.1) is 4.92 Å². The second-order valence-electron chi connectivity index (χ2n) is 2.25. The van der Waals surface area contributed by atoms with Crippen LogP contribution in [-0.4, -0.2) is 4.92 Å². The molecule has 1 aromatic carbocycles. The number of hydrogen-bond acceptors (Lipinski definition) is 2. The highest BCUT2D eigenvalue weighted by Crippen LogP contribution is 2.17. The molecule has 63 valence electrons. The number of non-ortho nitro benzene ring substituents is 1. The molecule has 4 heteroatoms. The molecule has 1 radical (unpaired) electrons. The van der Waals surface area contributed by atoms with Gasteiger partial charge < -0.3 is 0 Å². The molecule has 0 aliphatic carbocycles. The van der Waals surface area contributed by atoms with Crippen LogP contribution in [0.1, 0.15) is 12.5 Å². The molecular formula is C8H7FNO2. The van der Waals surface area contributed by atoms with E-state index in [1.165, 1.54) is 12.5 Å². The smallest absolute Gasteiger partial charge is 0.258 e. The van der Waals surface area contributed by atoms with Gasteiger partial charge in [0.1, 0.15) is 5.82 Å². The van der Waals surface area contributed by atoms with Crippen molar-refractivity contribution in [1.82, 2.24) is 0 Å². The van der Waals surface area contributed by atoms with Crippen molar-refractivity contribution in [3.63, 3.8) is 0 Å². The Labute approximate surface area is 69.0 Å². The highest BCUT2D eigenvalue weighted by Gasteiger charge is 2.08. The first-order chi connectivity index (χ1) is 5.65. The van der Waals surface area contributed by atoms with Gasteiger partial charge in [0, 0.05) is 12.1 Å². The van der Waals surface area contributed by atoms with Crippen LogP contribution in [-0.2, 0) is 0 Å². The van der Waals surface area contributed by atoms with Crippen LogP contribution < -0.4 is 0 Å². The molecular weight excluding hydrogens is 161 g/mol. The average molecular weight is 168 g/mol. The van der Waals surface area contributed by atoms with Crippen LogP contribution in [0, 0.1) is 22.4 Å². The summed E-state index contributed by atoms with van der Waals surface area (Å²) in [6.45, 7) is 1.63. The van der Waals surface area contributed by atoms with Gasteiger partial charge in [0.25, 0.3) is 5.69 Å². The van der Waals surface area contributed by atoms with Crippen LogP contribution in [0.25, 0.3) is 0 Å². The number of halogens is 1. The summed E-state index contributed by atoms with van der Waals surface area (Å²) < 4.78 is 12.8. The zero-order valence-electron chi connectivity index (χ0n) is 6.45. The highest BCUT2D eigenvalue weighted by atomic mass is 19.1. The number of hydrogen-bond donors (Lipinski definition) is 0. The third kappa shape index (κ3) is 1.58. The summed E-state index contributed by atoms with van der Waals surface area (Å²) in [6.07, 6.45) is 1.49. The van der Waals surface area contributed by atoms with E-state index in [9.17, 15) is 14.5 Å². The Kier molecular flexibility index (Phi) is 2.38. The van der Waals surface area contributed by atoms with Gasteiger partial charge in [-0.25, -0.2) is 4.39 Å². The van der Waals surface area contributed by atoms with Gasteiger partial charge in [-0.2, -0.15) is 0 Å². The Morgan fingerprint density at radius 3 is 2.75 bits per heavy atom. The van der Waals surface area contributed by atoms with E-state index in [-0.39, 0.29) is 11.3 Å². The Bertz CT molecular complexity index is 312. The minimum atomic E-state index is -0.549. The predicted octanol–water partition coefficient (Wildman–Crippen LogP) is 2.31. The largest absolute Gasteiger partial charge is 0.269 e. The lowest BCUT2D eigenvalue weighted by atomic mass is 10.1. The molecule has 3 nitrogen and oxygen atoms in total. The summed E-state index contributed by atoms with van der Waals surface area (Å²) >= 11 is 0. The van der Waals surface area contributed by atoms with E-state index in [2.05, 4.69) is 0 Å². The molecule has 0 atom stereocenters. The number of nitro groups is 1. The second-order valence-corrected chi connectivity index (χ2v) is 2.25. The summed E-state index contributed by atoms with van der Waals surface area (Å²) in [4.78, 5) is 9.70. The topological polar surface area (TPSA) is 43.1 Å². The number of rotatable bonds is 2. The molecule has 0 heterocycles. The standard InChI is InChI=1S/C8H7FNO2/c1-2-6-5-7(10(11)12)3-4-8(6)9/h2-5H,1H3. The van der Waals surface area contributed by atoms with Crippen molar-refractivity contribution in [2.24, 2.45) is 0 Å². The van der Waals surface area contributed by atoms with Crippen molar-refractivity contribution in [2.75, 3.05) is 0 Å². The van der Waals surface area contributed by atoms with Crippen LogP contribution in [0.3, 0.4) is 0 Å². The summed E-state index contributed by atoms with van der Waals surface area (Å²) in [5, 5.41) is 10.2. The minimum Gasteiger partial charge on any atom is -0.258 e. The zero-order valence-corrected chi connectivity index (χ0v) is 6.45. The molecule has 0 saturated heterocycles. The monoisotopic (exact) mass is 168 g/mol. The van der Waals surface area contributed by atoms with Gasteiger partial charge in [0.15, 0.2) is 0 Å². The molecule has 0 bridgehead atoms. The number of nitrogens with zero attached hydrogens (tertiary/aromatic N) is 1. The number of benzene rings is 1. The molecule has 0 aliphatic heterocycles. The van der Waals surface area contributed by atoms with Crippen LogP contribution in [0.4, 0.5) is 10.1 Å². The fourth-order valence-corrected chi connectivity index (χ4v) is 0.866. The van der Waals surface area contributed by atoms with Crippen molar-refractivity contribution >= 4 is 5.69 Å². The average Bonchev–Trinajstić information content (AvgIpc) is 2.05. The van der Waals surface area contributed by atoms with Gasteiger partial charge in [-0.05, 0) is 18.1 Å². The second kappa shape index (κ2) is 3.30. The fraction of sp³-hybridized carbons (Fsp3) is 0.125. The van der Waals surface area contributed by atoms with Crippen molar-refractivity contribution in [3.8, 4) is 0 Å². The van der Waals surface area contributed by atoms with Crippen molar-refractivity contribution in [3.05, 3.63) is 46.1 Å². The molecule has 0 unspecified atom stereocenters. The van der Waals surface area contributed by atoms with Gasteiger partial charge in [-0.3, -0.25) is 10.1 Å². The van der Waals surface area contributed by atoms with E-state index in [0.29, 0.717) is 0 Å². The lowest BCUT2D eigenvalue weighted by Gasteiger charge is -1.97. The van der Waals surface area contributed by atoms with Crippen LogP contribution in [0.5, 0.6) is 0 Å². The van der Waals surface area contributed by atoms with Crippen LogP contribution >= 0.6 is 0 Å². The lowest BCUT2D eigenvalue weighted by Crippen LogP contribution is -1.91. The van der Waals surface area contributed by atoms with Gasteiger partial charge in [-0.1, -0.05) is 6.92 Å². The van der Waals surface area contributed by atoms with Crippen molar-refractivity contribution in [2.45, 2.75) is 6.92 Å². The van der Waals surface area contributed by atoms with E-state index in [1.807, 2.05) is 0 Å². The normalized spacial score (nSPS) is 9.83. The van der Waals surface area contributed by atoms with E-state index in [4.69, 9.17) is 0 Å². The molecule has 1 aromatic rings. The Morgan fingerprint density at radius 2 is 2.25 bits per heavy atom. The highest BCUT2D eigenvalue weighted by molar-refractivity contribution is 5.38. The summed E-state index contributed by atoms with van der Waals surface area (Å²) in [5.74, 6) is -0.442. The fourth-order valence-electron chi connectivity index (χ4n) is 0.866. The molecule has 1 rings (SSSR count). The van der Waals surface area contributed by atoms with Gasteiger partial charge in [0.2, 0.25) is 0 Å². The zero-order chi connectivity index (χ0) is 9.14. The molecule has 0 aliphatic rings. The van der Waals surface area contributed by atoms with Crippen molar-refractivity contribution in [1.29, 1.82) is 0 Å². The van der Waals surface area contributed by atoms with Gasteiger partial charge >= 0.3 is 0 Å². The maximum absolute atomic E-state index is 12.8. The third-order valence-corrected chi connectivity index (χ3v) is 1.50. The molecule has 0 saturated carbocycles. The molecule has 12 heavy (non-hydrogen) atoms. The summed E-state index contributed by atoms with van der Waals surface area (Å²) in [6, 6.07) is 3.44. The van der Waals surface area contributed by atoms with Crippen LogP contribution in [0.15, 0.2) is 18.2 Å². The predicted molar refractivity (Wildman–Crippen MR) is 42.1 cm³/mol. The maximum Gasteiger partial charge on any atom is 0.269 e. The lowest BCUT2D eigenvalue weighted by molar-refractivity contribution is -0.384. The van der Waals surface area contributed by atoms with E-state index in [0.717, 1.165) is 12.1 Å². The SMILES string of the molecule is C[CH]c1cc([N+](=O)[O-])ccc1F. The van der Waals surface area contributed by atoms with Gasteiger partial charge in [-0.15, -0.1) is 0 Å². The molecule has 0 aromatic heterocycles. The van der Waals surface area contributed by atoms with Crippen LogP contribution in [0.2, 0.25) is 0 Å². The molecule has 0 N–H and O–H groups in total. The molecule has 0 amide bonds. The molecule has 0 fully saturated rings.